The highest BCUT2D eigenvalue weighted by Crippen LogP contribution is 2.28. The minimum atomic E-state index is -0.230. The number of amides is 1. The molecule has 0 spiro atoms. The number of carbonyl (C=O) groups excluding carboxylic acids is 1. The Bertz CT molecular complexity index is 888. The molecule has 6 heteroatoms. The number of anilines is 1. The average Bonchev–Trinajstić information content (AvgIpc) is 3.03. The summed E-state index contributed by atoms with van der Waals surface area (Å²) >= 11 is 6.02. The molecule has 0 unspecified atom stereocenters. The van der Waals surface area contributed by atoms with Gasteiger partial charge in [-0.05, 0) is 62.4 Å². The standard InChI is InChI=1S/C19H18ClN3O2/c1-3-25-18-9-6-15(20)12-17(18)22-19(24)14-4-7-16(8-5-14)23-13(2)10-11-21-23/h4-12H,3H2,1-2H3,(H,22,24). The van der Waals surface area contributed by atoms with Gasteiger partial charge in [-0.2, -0.15) is 5.10 Å². The van der Waals surface area contributed by atoms with Gasteiger partial charge in [-0.1, -0.05) is 11.6 Å². The van der Waals surface area contributed by atoms with Gasteiger partial charge in [0.15, 0.2) is 0 Å². The van der Waals surface area contributed by atoms with E-state index in [0.29, 0.717) is 28.6 Å². The van der Waals surface area contributed by atoms with Crippen molar-refractivity contribution < 1.29 is 9.53 Å². The molecule has 1 amide bonds. The lowest BCUT2D eigenvalue weighted by Crippen LogP contribution is -2.13. The molecular weight excluding hydrogens is 338 g/mol. The van der Waals surface area contributed by atoms with E-state index < -0.39 is 0 Å². The number of hydrogen-bond acceptors (Lipinski definition) is 3. The van der Waals surface area contributed by atoms with Crippen LogP contribution in [-0.4, -0.2) is 22.3 Å². The number of aromatic nitrogens is 2. The van der Waals surface area contributed by atoms with Gasteiger partial charge in [0.1, 0.15) is 5.75 Å². The molecule has 0 atom stereocenters. The first-order valence-corrected chi connectivity index (χ1v) is 8.31. The molecule has 0 aliphatic rings. The lowest BCUT2D eigenvalue weighted by molar-refractivity contribution is 0.102. The summed E-state index contributed by atoms with van der Waals surface area (Å²) in [6, 6.07) is 14.3. The number of nitrogens with zero attached hydrogens (tertiary/aromatic N) is 2. The number of nitrogens with one attached hydrogen (secondary N) is 1. The van der Waals surface area contributed by atoms with Crippen LogP contribution in [0.5, 0.6) is 5.75 Å². The van der Waals surface area contributed by atoms with Gasteiger partial charge in [0.25, 0.3) is 5.91 Å². The molecule has 0 radical (unpaired) electrons. The second kappa shape index (κ2) is 7.40. The summed E-state index contributed by atoms with van der Waals surface area (Å²) in [6.45, 7) is 4.36. The molecule has 25 heavy (non-hydrogen) atoms. The highest BCUT2D eigenvalue weighted by atomic mass is 35.5. The molecule has 0 aliphatic heterocycles. The highest BCUT2D eigenvalue weighted by Gasteiger charge is 2.11. The van der Waals surface area contributed by atoms with Gasteiger partial charge in [0.2, 0.25) is 0 Å². The molecule has 0 bridgehead atoms. The molecule has 1 heterocycles. The van der Waals surface area contributed by atoms with Crippen molar-refractivity contribution in [2.24, 2.45) is 0 Å². The predicted octanol–water partition coefficient (Wildman–Crippen LogP) is 4.49. The minimum absolute atomic E-state index is 0.230. The summed E-state index contributed by atoms with van der Waals surface area (Å²) in [5.41, 5.74) is 3.01. The first-order chi connectivity index (χ1) is 12.1. The quantitative estimate of drug-likeness (QED) is 0.733. The lowest BCUT2D eigenvalue weighted by Gasteiger charge is -2.12. The second-order valence-electron chi connectivity index (χ2n) is 5.46. The smallest absolute Gasteiger partial charge is 0.255 e. The minimum Gasteiger partial charge on any atom is -0.492 e. The topological polar surface area (TPSA) is 56.1 Å². The van der Waals surface area contributed by atoms with Crippen molar-refractivity contribution in [2.75, 3.05) is 11.9 Å². The molecule has 5 nitrogen and oxygen atoms in total. The zero-order valence-corrected chi connectivity index (χ0v) is 14.7. The maximum Gasteiger partial charge on any atom is 0.255 e. The highest BCUT2D eigenvalue weighted by molar-refractivity contribution is 6.31. The summed E-state index contributed by atoms with van der Waals surface area (Å²) in [6.07, 6.45) is 1.74. The Morgan fingerprint density at radius 3 is 2.60 bits per heavy atom. The van der Waals surface area contributed by atoms with Crippen molar-refractivity contribution >= 4 is 23.2 Å². The van der Waals surface area contributed by atoms with Gasteiger partial charge in [-0.25, -0.2) is 4.68 Å². The van der Waals surface area contributed by atoms with Crippen molar-refractivity contribution in [3.05, 3.63) is 71.0 Å². The molecule has 0 saturated heterocycles. The maximum absolute atomic E-state index is 12.5. The van der Waals surface area contributed by atoms with Crippen LogP contribution in [-0.2, 0) is 0 Å². The first kappa shape index (κ1) is 17.0. The predicted molar refractivity (Wildman–Crippen MR) is 98.9 cm³/mol. The van der Waals surface area contributed by atoms with E-state index >= 15 is 0 Å². The number of ether oxygens (including phenoxy) is 1. The van der Waals surface area contributed by atoms with Gasteiger partial charge in [0.05, 0.1) is 18.0 Å². The van der Waals surface area contributed by atoms with Crippen LogP contribution in [0.15, 0.2) is 54.7 Å². The summed E-state index contributed by atoms with van der Waals surface area (Å²) in [7, 11) is 0. The summed E-state index contributed by atoms with van der Waals surface area (Å²) in [4.78, 5) is 12.5. The Labute approximate surface area is 151 Å². The number of benzene rings is 2. The van der Waals surface area contributed by atoms with Gasteiger partial charge < -0.3 is 10.1 Å². The average molecular weight is 356 g/mol. The zero-order chi connectivity index (χ0) is 17.8. The molecule has 1 aromatic heterocycles. The summed E-state index contributed by atoms with van der Waals surface area (Å²) < 4.78 is 7.34. The fraction of sp³-hybridized carbons (Fsp3) is 0.158. The fourth-order valence-electron chi connectivity index (χ4n) is 2.47. The number of aryl methyl sites for hydroxylation is 1. The van der Waals surface area contributed by atoms with Gasteiger partial charge in [0, 0.05) is 22.5 Å². The Kier molecular flexibility index (Phi) is 5.05. The second-order valence-corrected chi connectivity index (χ2v) is 5.90. The van der Waals surface area contributed by atoms with Crippen molar-refractivity contribution in [1.29, 1.82) is 0 Å². The molecule has 3 rings (SSSR count). The van der Waals surface area contributed by atoms with Crippen LogP contribution in [0.25, 0.3) is 5.69 Å². The summed E-state index contributed by atoms with van der Waals surface area (Å²) in [5.74, 6) is 0.357. The van der Waals surface area contributed by atoms with Crippen LogP contribution < -0.4 is 10.1 Å². The van der Waals surface area contributed by atoms with Crippen LogP contribution in [0, 0.1) is 6.92 Å². The number of rotatable bonds is 5. The van der Waals surface area contributed by atoms with Gasteiger partial charge in [-0.3, -0.25) is 4.79 Å². The zero-order valence-electron chi connectivity index (χ0n) is 14.0. The van der Waals surface area contributed by atoms with Crippen LogP contribution in [0.3, 0.4) is 0 Å². The fourth-order valence-corrected chi connectivity index (χ4v) is 2.64. The van der Waals surface area contributed by atoms with Gasteiger partial charge in [-0.15, -0.1) is 0 Å². The third kappa shape index (κ3) is 3.83. The van der Waals surface area contributed by atoms with E-state index in [4.69, 9.17) is 16.3 Å². The van der Waals surface area contributed by atoms with Crippen LogP contribution in [0.2, 0.25) is 5.02 Å². The van der Waals surface area contributed by atoms with Crippen molar-refractivity contribution in [3.63, 3.8) is 0 Å². The SMILES string of the molecule is CCOc1ccc(Cl)cc1NC(=O)c1ccc(-n2nccc2C)cc1. The van der Waals surface area contributed by atoms with Crippen molar-refractivity contribution in [2.45, 2.75) is 13.8 Å². The van der Waals surface area contributed by atoms with Crippen LogP contribution in [0.1, 0.15) is 23.0 Å². The largest absolute Gasteiger partial charge is 0.492 e. The molecule has 3 aromatic rings. The molecule has 128 valence electrons. The number of carbonyl (C=O) groups is 1. The maximum atomic E-state index is 12.5. The van der Waals surface area contributed by atoms with Crippen molar-refractivity contribution in [1.82, 2.24) is 9.78 Å². The normalized spacial score (nSPS) is 10.5. The van der Waals surface area contributed by atoms with E-state index in [9.17, 15) is 4.79 Å². The molecular formula is C19H18ClN3O2. The molecule has 2 aromatic carbocycles. The monoisotopic (exact) mass is 355 g/mol. The third-order valence-corrected chi connectivity index (χ3v) is 3.93. The van der Waals surface area contributed by atoms with Crippen LogP contribution >= 0.6 is 11.6 Å². The Hall–Kier alpha value is -2.79. The van der Waals surface area contributed by atoms with E-state index in [1.807, 2.05) is 36.7 Å². The molecule has 0 saturated carbocycles. The Morgan fingerprint density at radius 2 is 1.96 bits per heavy atom. The van der Waals surface area contributed by atoms with E-state index in [0.717, 1.165) is 11.4 Å². The van der Waals surface area contributed by atoms with Crippen LogP contribution in [0.4, 0.5) is 5.69 Å². The van der Waals surface area contributed by atoms with Gasteiger partial charge >= 0.3 is 0 Å². The first-order valence-electron chi connectivity index (χ1n) is 7.93. The third-order valence-electron chi connectivity index (χ3n) is 3.70. The van der Waals surface area contributed by atoms with E-state index in [1.165, 1.54) is 0 Å². The Balaban J connectivity index is 1.80. The van der Waals surface area contributed by atoms with E-state index in [1.54, 1.807) is 36.5 Å². The molecule has 1 N–H and O–H groups in total. The number of halogens is 1. The van der Waals surface area contributed by atoms with E-state index in [-0.39, 0.29) is 5.91 Å². The van der Waals surface area contributed by atoms with Crippen molar-refractivity contribution in [3.8, 4) is 11.4 Å². The summed E-state index contributed by atoms with van der Waals surface area (Å²) in [5, 5.41) is 7.63. The van der Waals surface area contributed by atoms with E-state index in [2.05, 4.69) is 10.4 Å². The Morgan fingerprint density at radius 1 is 1.20 bits per heavy atom. The molecule has 0 aliphatic carbocycles. The lowest BCUT2D eigenvalue weighted by atomic mass is 10.2. The molecule has 0 fully saturated rings. The number of hydrogen-bond donors (Lipinski definition) is 1.